The molecule has 6 nitrogen and oxygen atoms in total. The molecule has 0 amide bonds. The molecule has 2 N–H and O–H groups in total. The van der Waals surface area contributed by atoms with Crippen molar-refractivity contribution in [1.82, 2.24) is 10.0 Å². The number of fused-ring (bicyclic) bond motifs is 1. The van der Waals surface area contributed by atoms with Crippen molar-refractivity contribution in [2.24, 2.45) is 0 Å². The van der Waals surface area contributed by atoms with Crippen molar-refractivity contribution in [1.29, 1.82) is 0 Å². The van der Waals surface area contributed by atoms with Crippen LogP contribution in [0, 0.1) is 0 Å². The second-order valence-electron chi connectivity index (χ2n) is 4.94. The Morgan fingerprint density at radius 1 is 1.25 bits per heavy atom. The zero-order valence-electron chi connectivity index (χ0n) is 11.7. The van der Waals surface area contributed by atoms with Crippen molar-refractivity contribution in [3.8, 4) is 11.5 Å². The summed E-state index contributed by atoms with van der Waals surface area (Å²) < 4.78 is 36.7. The lowest BCUT2D eigenvalue weighted by molar-refractivity contribution is 0.174. The zero-order chi connectivity index (χ0) is 14.6. The van der Waals surface area contributed by atoms with Crippen LogP contribution in [0.1, 0.15) is 19.4 Å². The average Bonchev–Trinajstić information content (AvgIpc) is 2.83. The van der Waals surface area contributed by atoms with Gasteiger partial charge < -0.3 is 14.8 Å². The molecule has 1 aromatic rings. The van der Waals surface area contributed by atoms with Gasteiger partial charge in [-0.1, -0.05) is 19.9 Å². The Morgan fingerprint density at radius 3 is 2.75 bits per heavy atom. The maximum atomic E-state index is 11.8. The maximum absolute atomic E-state index is 11.8. The Hall–Kier alpha value is -1.31. The van der Waals surface area contributed by atoms with Gasteiger partial charge in [0.2, 0.25) is 16.8 Å². The maximum Gasteiger partial charge on any atom is 0.231 e. The van der Waals surface area contributed by atoms with Gasteiger partial charge >= 0.3 is 0 Å². The first-order chi connectivity index (χ1) is 9.46. The molecular weight excluding hydrogens is 280 g/mol. The van der Waals surface area contributed by atoms with Crippen molar-refractivity contribution < 1.29 is 17.9 Å². The summed E-state index contributed by atoms with van der Waals surface area (Å²) in [6.07, 6.45) is 0. The van der Waals surface area contributed by atoms with Crippen LogP contribution in [0.3, 0.4) is 0 Å². The highest BCUT2D eigenvalue weighted by atomic mass is 32.2. The van der Waals surface area contributed by atoms with Gasteiger partial charge in [0.15, 0.2) is 11.5 Å². The second kappa shape index (κ2) is 6.43. The number of rotatable bonds is 7. The van der Waals surface area contributed by atoms with Gasteiger partial charge in [-0.25, -0.2) is 13.1 Å². The lowest BCUT2D eigenvalue weighted by Gasteiger charge is -2.10. The van der Waals surface area contributed by atoms with E-state index in [1.165, 1.54) is 0 Å². The normalized spacial score (nSPS) is 13.9. The minimum atomic E-state index is -3.27. The first kappa shape index (κ1) is 15.1. The van der Waals surface area contributed by atoms with Gasteiger partial charge in [0.05, 0.1) is 5.75 Å². The summed E-state index contributed by atoms with van der Waals surface area (Å²) in [6.45, 7) is 4.86. The highest BCUT2D eigenvalue weighted by Crippen LogP contribution is 2.32. The van der Waals surface area contributed by atoms with Crippen molar-refractivity contribution in [2.75, 3.05) is 19.1 Å². The molecule has 2 rings (SSSR count). The summed E-state index contributed by atoms with van der Waals surface area (Å²) in [4.78, 5) is 0. The van der Waals surface area contributed by atoms with E-state index in [0.717, 1.165) is 5.56 Å². The van der Waals surface area contributed by atoms with E-state index < -0.39 is 10.0 Å². The van der Waals surface area contributed by atoms with E-state index in [4.69, 9.17) is 9.47 Å². The van der Waals surface area contributed by atoms with Gasteiger partial charge in [0.1, 0.15) is 0 Å². The molecule has 0 fully saturated rings. The van der Waals surface area contributed by atoms with Gasteiger partial charge in [-0.05, 0) is 17.7 Å². The van der Waals surface area contributed by atoms with Gasteiger partial charge in [0, 0.05) is 19.1 Å². The Labute approximate surface area is 119 Å². The van der Waals surface area contributed by atoms with E-state index in [1.807, 2.05) is 19.9 Å². The fraction of sp³-hybridized carbons (Fsp3) is 0.538. The molecule has 20 heavy (non-hydrogen) atoms. The summed E-state index contributed by atoms with van der Waals surface area (Å²) in [5.74, 6) is 1.41. The highest BCUT2D eigenvalue weighted by molar-refractivity contribution is 7.89. The molecule has 0 bridgehead atoms. The fourth-order valence-electron chi connectivity index (χ4n) is 1.80. The van der Waals surface area contributed by atoms with Crippen LogP contribution < -0.4 is 19.5 Å². The van der Waals surface area contributed by atoms with Crippen molar-refractivity contribution in [2.45, 2.75) is 26.4 Å². The average molecular weight is 300 g/mol. The first-order valence-electron chi connectivity index (χ1n) is 6.55. The molecule has 1 aliphatic rings. The van der Waals surface area contributed by atoms with E-state index in [0.29, 0.717) is 18.0 Å². The Morgan fingerprint density at radius 2 is 2.00 bits per heavy atom. The van der Waals surface area contributed by atoms with Gasteiger partial charge in [-0.3, -0.25) is 0 Å². The van der Waals surface area contributed by atoms with Crippen LogP contribution in [0.2, 0.25) is 0 Å². The lowest BCUT2D eigenvalue weighted by atomic mass is 10.2. The standard InChI is InChI=1S/C13H20N2O4S/c1-10(2)14-5-6-20(16,17)15-8-11-3-4-12-13(7-11)19-9-18-12/h3-4,7,10,14-15H,5-6,8-9H2,1-2H3. The molecule has 0 unspecified atom stereocenters. The first-order valence-corrected chi connectivity index (χ1v) is 8.21. The van der Waals surface area contributed by atoms with Crippen LogP contribution >= 0.6 is 0 Å². The molecule has 0 radical (unpaired) electrons. The zero-order valence-corrected chi connectivity index (χ0v) is 12.5. The van der Waals surface area contributed by atoms with Crippen LogP contribution in [-0.2, 0) is 16.6 Å². The SMILES string of the molecule is CC(C)NCCS(=O)(=O)NCc1ccc2c(c1)OCO2. The van der Waals surface area contributed by atoms with Crippen molar-refractivity contribution >= 4 is 10.0 Å². The third-order valence-electron chi connectivity index (χ3n) is 2.86. The third kappa shape index (κ3) is 4.36. The molecule has 0 saturated heterocycles. The van der Waals surface area contributed by atoms with Crippen LogP contribution in [0.5, 0.6) is 11.5 Å². The van der Waals surface area contributed by atoms with Crippen molar-refractivity contribution in [3.63, 3.8) is 0 Å². The monoisotopic (exact) mass is 300 g/mol. The quantitative estimate of drug-likeness (QED) is 0.780. The number of hydrogen-bond acceptors (Lipinski definition) is 5. The Bertz CT molecular complexity index is 557. The van der Waals surface area contributed by atoms with Crippen LogP contribution in [-0.4, -0.2) is 33.6 Å². The molecule has 1 heterocycles. The lowest BCUT2D eigenvalue weighted by Crippen LogP contribution is -2.34. The molecule has 0 spiro atoms. The Kier molecular flexibility index (Phi) is 4.85. The van der Waals surface area contributed by atoms with Crippen molar-refractivity contribution in [3.05, 3.63) is 23.8 Å². The van der Waals surface area contributed by atoms with E-state index in [1.54, 1.807) is 12.1 Å². The predicted molar refractivity (Wildman–Crippen MR) is 76.3 cm³/mol. The summed E-state index contributed by atoms with van der Waals surface area (Å²) in [5.41, 5.74) is 0.842. The van der Waals surface area contributed by atoms with Crippen LogP contribution in [0.4, 0.5) is 0 Å². The smallest absolute Gasteiger partial charge is 0.231 e. The van der Waals surface area contributed by atoms with E-state index >= 15 is 0 Å². The molecule has 0 atom stereocenters. The van der Waals surface area contributed by atoms with Gasteiger partial charge in [-0.15, -0.1) is 0 Å². The second-order valence-corrected chi connectivity index (χ2v) is 6.86. The number of ether oxygens (including phenoxy) is 2. The third-order valence-corrected chi connectivity index (χ3v) is 4.18. The van der Waals surface area contributed by atoms with E-state index in [-0.39, 0.29) is 25.1 Å². The Balaban J connectivity index is 1.85. The molecule has 112 valence electrons. The van der Waals surface area contributed by atoms with Crippen LogP contribution in [0.25, 0.3) is 0 Å². The number of hydrogen-bond donors (Lipinski definition) is 2. The number of sulfonamides is 1. The van der Waals surface area contributed by atoms with E-state index in [2.05, 4.69) is 10.0 Å². The molecule has 0 aromatic heterocycles. The molecule has 1 aromatic carbocycles. The fourth-order valence-corrected chi connectivity index (χ4v) is 2.72. The number of nitrogens with one attached hydrogen (secondary N) is 2. The van der Waals surface area contributed by atoms with E-state index in [9.17, 15) is 8.42 Å². The highest BCUT2D eigenvalue weighted by Gasteiger charge is 2.14. The minimum absolute atomic E-state index is 0.0652. The largest absolute Gasteiger partial charge is 0.454 e. The summed E-state index contributed by atoms with van der Waals surface area (Å²) >= 11 is 0. The summed E-state index contributed by atoms with van der Waals surface area (Å²) in [7, 11) is -3.27. The van der Waals surface area contributed by atoms with Gasteiger partial charge in [-0.2, -0.15) is 0 Å². The molecule has 0 saturated carbocycles. The topological polar surface area (TPSA) is 76.7 Å². The predicted octanol–water partition coefficient (Wildman–Crippen LogP) is 0.833. The molecule has 0 aliphatic carbocycles. The molecule has 1 aliphatic heterocycles. The van der Waals surface area contributed by atoms with Crippen LogP contribution in [0.15, 0.2) is 18.2 Å². The minimum Gasteiger partial charge on any atom is -0.454 e. The summed E-state index contributed by atoms with van der Waals surface area (Å²) in [6, 6.07) is 5.67. The molecular formula is C13H20N2O4S. The molecule has 7 heteroatoms. The summed E-state index contributed by atoms with van der Waals surface area (Å²) in [5, 5.41) is 3.08. The number of benzene rings is 1. The van der Waals surface area contributed by atoms with Gasteiger partial charge in [0.25, 0.3) is 0 Å².